The van der Waals surface area contributed by atoms with Gasteiger partial charge in [-0.3, -0.25) is 9.59 Å². The lowest BCUT2D eigenvalue weighted by molar-refractivity contribution is -0.117. The van der Waals surface area contributed by atoms with Gasteiger partial charge in [0.25, 0.3) is 5.91 Å². The second-order valence-electron chi connectivity index (χ2n) is 6.54. The lowest BCUT2D eigenvalue weighted by Crippen LogP contribution is -2.39. The summed E-state index contributed by atoms with van der Waals surface area (Å²) in [6, 6.07) is 20.5. The van der Waals surface area contributed by atoms with Gasteiger partial charge < -0.3 is 10.6 Å². The standard InChI is InChI=1S/C21H20N4O2S/c26-20(18-13-17(24-25-18)14-5-2-1-3-6-14)22-15-8-10-16(11-9-15)23-21(27)19-7-4-12-28-19/h1-12,17-18,24-25H,13H2,(H,22,26)(H,23,27). The highest BCUT2D eigenvalue weighted by Crippen LogP contribution is 2.23. The van der Waals surface area contributed by atoms with Crippen molar-refractivity contribution in [1.29, 1.82) is 0 Å². The Morgan fingerprint density at radius 1 is 0.857 bits per heavy atom. The van der Waals surface area contributed by atoms with Crippen molar-refractivity contribution in [3.63, 3.8) is 0 Å². The molecule has 1 saturated heterocycles. The summed E-state index contributed by atoms with van der Waals surface area (Å²) in [6.07, 6.45) is 0.671. The van der Waals surface area contributed by atoms with Gasteiger partial charge in [-0.1, -0.05) is 36.4 Å². The molecule has 0 spiro atoms. The molecular weight excluding hydrogens is 372 g/mol. The van der Waals surface area contributed by atoms with E-state index in [0.29, 0.717) is 22.7 Å². The van der Waals surface area contributed by atoms with Crippen molar-refractivity contribution in [3.05, 3.63) is 82.6 Å². The zero-order valence-corrected chi connectivity index (χ0v) is 15.8. The Balaban J connectivity index is 1.32. The van der Waals surface area contributed by atoms with Crippen molar-refractivity contribution >= 4 is 34.5 Å². The molecule has 6 nitrogen and oxygen atoms in total. The lowest BCUT2D eigenvalue weighted by atomic mass is 10.0. The molecule has 28 heavy (non-hydrogen) atoms. The molecule has 2 aromatic carbocycles. The van der Waals surface area contributed by atoms with E-state index in [9.17, 15) is 9.59 Å². The molecule has 0 radical (unpaired) electrons. The average molecular weight is 392 g/mol. The van der Waals surface area contributed by atoms with Gasteiger partial charge >= 0.3 is 0 Å². The number of carbonyl (C=O) groups is 2. The first-order valence-corrected chi connectivity index (χ1v) is 9.89. The van der Waals surface area contributed by atoms with Crippen molar-refractivity contribution in [1.82, 2.24) is 10.9 Å². The summed E-state index contributed by atoms with van der Waals surface area (Å²) in [5.74, 6) is -0.235. The monoisotopic (exact) mass is 392 g/mol. The fourth-order valence-electron chi connectivity index (χ4n) is 3.10. The van der Waals surface area contributed by atoms with E-state index in [1.54, 1.807) is 30.3 Å². The molecule has 2 heterocycles. The van der Waals surface area contributed by atoms with Crippen LogP contribution in [0.25, 0.3) is 0 Å². The Morgan fingerprint density at radius 3 is 2.25 bits per heavy atom. The largest absolute Gasteiger partial charge is 0.325 e. The molecule has 0 bridgehead atoms. The fourth-order valence-corrected chi connectivity index (χ4v) is 3.72. The number of rotatable bonds is 5. The molecule has 2 amide bonds. The number of nitrogens with one attached hydrogen (secondary N) is 4. The topological polar surface area (TPSA) is 82.3 Å². The first-order valence-electron chi connectivity index (χ1n) is 9.01. The first kappa shape index (κ1) is 18.4. The SMILES string of the molecule is O=C(Nc1ccc(NC(=O)C2CC(c3ccccc3)NN2)cc1)c1cccs1. The third-order valence-electron chi connectivity index (χ3n) is 4.58. The van der Waals surface area contributed by atoms with E-state index in [4.69, 9.17) is 0 Å². The molecule has 0 saturated carbocycles. The molecule has 4 rings (SSSR count). The zero-order chi connectivity index (χ0) is 19.3. The number of anilines is 2. The third-order valence-corrected chi connectivity index (χ3v) is 5.45. The van der Waals surface area contributed by atoms with Gasteiger partial charge in [-0.25, -0.2) is 10.9 Å². The van der Waals surface area contributed by atoms with Gasteiger partial charge in [0.2, 0.25) is 5.91 Å². The molecule has 3 aromatic rings. The Hall–Kier alpha value is -3.00. The van der Waals surface area contributed by atoms with Crippen molar-refractivity contribution in [2.45, 2.75) is 18.5 Å². The third kappa shape index (κ3) is 4.28. The number of hydrazine groups is 1. The highest BCUT2D eigenvalue weighted by atomic mass is 32.1. The van der Waals surface area contributed by atoms with E-state index in [1.807, 2.05) is 41.8 Å². The van der Waals surface area contributed by atoms with Crippen molar-refractivity contribution in [3.8, 4) is 0 Å². The minimum atomic E-state index is -0.316. The number of hydrogen-bond acceptors (Lipinski definition) is 5. The highest BCUT2D eigenvalue weighted by Gasteiger charge is 2.30. The van der Waals surface area contributed by atoms with Crippen LogP contribution >= 0.6 is 11.3 Å². The van der Waals surface area contributed by atoms with Crippen molar-refractivity contribution in [2.75, 3.05) is 10.6 Å². The van der Waals surface area contributed by atoms with Gasteiger partial charge in [-0.15, -0.1) is 11.3 Å². The predicted octanol–water partition coefficient (Wildman–Crippen LogP) is 3.55. The number of benzene rings is 2. The Morgan fingerprint density at radius 2 is 1.57 bits per heavy atom. The maximum absolute atomic E-state index is 12.5. The van der Waals surface area contributed by atoms with Gasteiger partial charge in [0.15, 0.2) is 0 Å². The normalized spacial score (nSPS) is 18.6. The molecule has 0 aliphatic carbocycles. The Bertz CT molecular complexity index is 942. The molecular formula is C21H20N4O2S. The summed E-state index contributed by atoms with van der Waals surface area (Å²) < 4.78 is 0. The van der Waals surface area contributed by atoms with Gasteiger partial charge in [0.05, 0.1) is 4.88 Å². The molecule has 1 aromatic heterocycles. The van der Waals surface area contributed by atoms with Crippen LogP contribution in [0.3, 0.4) is 0 Å². The zero-order valence-electron chi connectivity index (χ0n) is 15.0. The van der Waals surface area contributed by atoms with Crippen LogP contribution < -0.4 is 21.5 Å². The van der Waals surface area contributed by atoms with E-state index in [-0.39, 0.29) is 23.9 Å². The van der Waals surface area contributed by atoms with Gasteiger partial charge in [0.1, 0.15) is 6.04 Å². The highest BCUT2D eigenvalue weighted by molar-refractivity contribution is 7.12. The minimum Gasteiger partial charge on any atom is -0.325 e. The van der Waals surface area contributed by atoms with Crippen LogP contribution in [0.4, 0.5) is 11.4 Å². The molecule has 1 fully saturated rings. The molecule has 1 aliphatic heterocycles. The Labute approximate surface area is 166 Å². The van der Waals surface area contributed by atoms with Crippen LogP contribution in [-0.4, -0.2) is 17.9 Å². The first-order chi connectivity index (χ1) is 13.7. The summed E-state index contributed by atoms with van der Waals surface area (Å²) in [5, 5.41) is 7.62. The number of amides is 2. The van der Waals surface area contributed by atoms with Crippen LogP contribution in [0.1, 0.15) is 27.7 Å². The van der Waals surface area contributed by atoms with Crippen molar-refractivity contribution < 1.29 is 9.59 Å². The van der Waals surface area contributed by atoms with Gasteiger partial charge in [0, 0.05) is 17.4 Å². The minimum absolute atomic E-state index is 0.0960. The van der Waals surface area contributed by atoms with E-state index < -0.39 is 0 Å². The summed E-state index contributed by atoms with van der Waals surface area (Å²) in [7, 11) is 0. The molecule has 1 aliphatic rings. The van der Waals surface area contributed by atoms with Crippen LogP contribution in [-0.2, 0) is 4.79 Å². The summed E-state index contributed by atoms with van der Waals surface area (Å²) >= 11 is 1.39. The quantitative estimate of drug-likeness (QED) is 0.535. The second kappa shape index (κ2) is 8.35. The van der Waals surface area contributed by atoms with E-state index in [2.05, 4.69) is 21.5 Å². The molecule has 4 N–H and O–H groups in total. The summed E-state index contributed by atoms with van der Waals surface area (Å²) in [5.41, 5.74) is 8.75. The maximum Gasteiger partial charge on any atom is 0.265 e. The maximum atomic E-state index is 12.5. The van der Waals surface area contributed by atoms with E-state index in [1.165, 1.54) is 11.3 Å². The number of thiophene rings is 1. The Kier molecular flexibility index (Phi) is 5.48. The number of hydrogen-bond donors (Lipinski definition) is 4. The fraction of sp³-hybridized carbons (Fsp3) is 0.143. The van der Waals surface area contributed by atoms with Crippen LogP contribution in [0.5, 0.6) is 0 Å². The number of carbonyl (C=O) groups excluding carboxylic acids is 2. The van der Waals surface area contributed by atoms with Crippen molar-refractivity contribution in [2.24, 2.45) is 0 Å². The smallest absolute Gasteiger partial charge is 0.265 e. The van der Waals surface area contributed by atoms with E-state index in [0.717, 1.165) is 5.56 Å². The van der Waals surface area contributed by atoms with Crippen LogP contribution in [0.2, 0.25) is 0 Å². The van der Waals surface area contributed by atoms with Gasteiger partial charge in [-0.05, 0) is 47.7 Å². The second-order valence-corrected chi connectivity index (χ2v) is 7.49. The van der Waals surface area contributed by atoms with E-state index >= 15 is 0 Å². The van der Waals surface area contributed by atoms with Crippen LogP contribution in [0.15, 0.2) is 72.1 Å². The average Bonchev–Trinajstić information content (AvgIpc) is 3.42. The predicted molar refractivity (Wildman–Crippen MR) is 111 cm³/mol. The van der Waals surface area contributed by atoms with Gasteiger partial charge in [-0.2, -0.15) is 0 Å². The molecule has 142 valence electrons. The molecule has 2 unspecified atom stereocenters. The molecule has 7 heteroatoms. The molecule has 2 atom stereocenters. The summed E-state index contributed by atoms with van der Waals surface area (Å²) in [6.45, 7) is 0. The van der Waals surface area contributed by atoms with Crippen LogP contribution in [0, 0.1) is 0 Å². The lowest BCUT2D eigenvalue weighted by Gasteiger charge is -2.11. The summed E-state index contributed by atoms with van der Waals surface area (Å²) in [4.78, 5) is 25.3.